The van der Waals surface area contributed by atoms with Crippen LogP contribution in [0.15, 0.2) is 18.3 Å². The number of hydrogen-bond acceptors (Lipinski definition) is 2. The van der Waals surface area contributed by atoms with Gasteiger partial charge in [0.05, 0.1) is 0 Å². The summed E-state index contributed by atoms with van der Waals surface area (Å²) in [6.07, 6.45) is 4.28. The van der Waals surface area contributed by atoms with Crippen LogP contribution in [0.2, 0.25) is 0 Å². The molecule has 0 spiro atoms. The average Bonchev–Trinajstić information content (AvgIpc) is 2.98. The lowest BCUT2D eigenvalue weighted by Gasteiger charge is -2.11. The highest BCUT2D eigenvalue weighted by Gasteiger charge is 2.28. The van der Waals surface area contributed by atoms with Crippen LogP contribution in [0.25, 0.3) is 0 Å². The second kappa shape index (κ2) is 5.37. The van der Waals surface area contributed by atoms with Crippen molar-refractivity contribution in [3.63, 3.8) is 0 Å². The molecule has 3 N–H and O–H groups in total. The molecule has 5 heteroatoms. The van der Waals surface area contributed by atoms with Gasteiger partial charge < -0.3 is 15.6 Å². The zero-order chi connectivity index (χ0) is 10.8. The molecule has 0 aromatic carbocycles. The molecule has 0 bridgehead atoms. The predicted octanol–water partition coefficient (Wildman–Crippen LogP) is 0.914. The van der Waals surface area contributed by atoms with E-state index in [2.05, 4.69) is 5.32 Å². The molecule has 1 saturated carbocycles. The van der Waals surface area contributed by atoms with Crippen LogP contribution < -0.4 is 11.1 Å². The van der Waals surface area contributed by atoms with E-state index in [1.54, 1.807) is 10.6 Å². The Morgan fingerprint density at radius 1 is 1.69 bits per heavy atom. The smallest absolute Gasteiger partial charge is 0.267 e. The fraction of sp³-hybridized carbons (Fsp3) is 0.545. The number of nitrogens with two attached hydrogens (primary N) is 1. The Balaban J connectivity index is 0.00000128. The van der Waals surface area contributed by atoms with Gasteiger partial charge in [0, 0.05) is 25.8 Å². The van der Waals surface area contributed by atoms with Crippen molar-refractivity contribution in [2.45, 2.75) is 18.9 Å². The second-order valence-corrected chi connectivity index (χ2v) is 4.22. The fourth-order valence-corrected chi connectivity index (χ4v) is 1.69. The van der Waals surface area contributed by atoms with Crippen molar-refractivity contribution in [1.82, 2.24) is 9.88 Å². The molecule has 1 heterocycles. The molecule has 1 amide bonds. The first-order chi connectivity index (χ1) is 7.18. The van der Waals surface area contributed by atoms with E-state index >= 15 is 0 Å². The van der Waals surface area contributed by atoms with Crippen molar-refractivity contribution < 1.29 is 4.79 Å². The van der Waals surface area contributed by atoms with Gasteiger partial charge in [-0.3, -0.25) is 4.79 Å². The molecule has 0 aliphatic heterocycles. The maximum Gasteiger partial charge on any atom is 0.267 e. The number of nitrogens with one attached hydrogen (secondary N) is 1. The number of halogens is 1. The largest absolute Gasteiger partial charge is 0.349 e. The minimum Gasteiger partial charge on any atom is -0.349 e. The van der Waals surface area contributed by atoms with E-state index in [0.29, 0.717) is 18.2 Å². The van der Waals surface area contributed by atoms with Crippen LogP contribution in [0.4, 0.5) is 0 Å². The zero-order valence-corrected chi connectivity index (χ0v) is 10.2. The molecule has 0 radical (unpaired) electrons. The minimum absolute atomic E-state index is 0. The van der Waals surface area contributed by atoms with E-state index < -0.39 is 0 Å². The van der Waals surface area contributed by atoms with Crippen LogP contribution in [-0.4, -0.2) is 23.1 Å². The Morgan fingerprint density at radius 2 is 2.38 bits per heavy atom. The zero-order valence-electron chi connectivity index (χ0n) is 9.35. The Hall–Kier alpha value is -1.00. The molecule has 1 aromatic rings. The standard InChI is InChI=1S/C11H17N3O.ClH/c1-14-6-2-3-10(14)11(15)13-7-9(12)8-4-5-8;/h2-3,6,8-9H,4-5,7,12H2,1H3,(H,13,15);1H. The normalized spacial score (nSPS) is 16.4. The van der Waals surface area contributed by atoms with E-state index in [1.165, 1.54) is 12.8 Å². The lowest BCUT2D eigenvalue weighted by Crippen LogP contribution is -2.39. The number of aryl methyl sites for hydroxylation is 1. The van der Waals surface area contributed by atoms with Gasteiger partial charge in [0.1, 0.15) is 5.69 Å². The molecule has 0 saturated heterocycles. The van der Waals surface area contributed by atoms with Crippen LogP contribution in [0, 0.1) is 5.92 Å². The maximum atomic E-state index is 11.7. The molecule has 4 nitrogen and oxygen atoms in total. The highest BCUT2D eigenvalue weighted by atomic mass is 35.5. The monoisotopic (exact) mass is 243 g/mol. The second-order valence-electron chi connectivity index (χ2n) is 4.22. The molecule has 2 rings (SSSR count). The van der Waals surface area contributed by atoms with Gasteiger partial charge in [-0.2, -0.15) is 0 Å². The predicted molar refractivity (Wildman–Crippen MR) is 65.7 cm³/mol. The van der Waals surface area contributed by atoms with Crippen molar-refractivity contribution in [1.29, 1.82) is 0 Å². The van der Waals surface area contributed by atoms with Gasteiger partial charge in [0.2, 0.25) is 0 Å². The maximum absolute atomic E-state index is 11.7. The lowest BCUT2D eigenvalue weighted by atomic mass is 10.2. The van der Waals surface area contributed by atoms with Crippen molar-refractivity contribution in [2.75, 3.05) is 6.54 Å². The molecule has 1 aliphatic carbocycles. The summed E-state index contributed by atoms with van der Waals surface area (Å²) in [5.41, 5.74) is 6.58. The minimum atomic E-state index is -0.0430. The van der Waals surface area contributed by atoms with Gasteiger partial charge in [-0.25, -0.2) is 0 Å². The van der Waals surface area contributed by atoms with Crippen LogP contribution >= 0.6 is 12.4 Å². The summed E-state index contributed by atoms with van der Waals surface area (Å²) in [5, 5.41) is 2.86. The number of rotatable bonds is 4. The number of amides is 1. The SMILES string of the molecule is Cl.Cn1cccc1C(=O)NCC(N)C1CC1. The number of carbonyl (C=O) groups is 1. The summed E-state index contributed by atoms with van der Waals surface area (Å²) >= 11 is 0. The topological polar surface area (TPSA) is 60.0 Å². The molecule has 1 aromatic heterocycles. The van der Waals surface area contributed by atoms with Crippen LogP contribution in [-0.2, 0) is 7.05 Å². The van der Waals surface area contributed by atoms with Crippen LogP contribution in [0.3, 0.4) is 0 Å². The third kappa shape index (κ3) is 3.00. The van der Waals surface area contributed by atoms with Crippen molar-refractivity contribution in [3.05, 3.63) is 24.0 Å². The number of nitrogens with zero attached hydrogens (tertiary/aromatic N) is 1. The number of hydrogen-bond donors (Lipinski definition) is 2. The third-order valence-electron chi connectivity index (χ3n) is 2.90. The Labute approximate surface area is 102 Å². The molecular formula is C11H18ClN3O. The number of aromatic nitrogens is 1. The summed E-state index contributed by atoms with van der Waals surface area (Å²) < 4.78 is 1.80. The van der Waals surface area contributed by atoms with E-state index in [-0.39, 0.29) is 24.4 Å². The molecule has 1 unspecified atom stereocenters. The first-order valence-electron chi connectivity index (χ1n) is 5.33. The first-order valence-corrected chi connectivity index (χ1v) is 5.33. The molecule has 16 heavy (non-hydrogen) atoms. The Morgan fingerprint density at radius 3 is 2.88 bits per heavy atom. The molecule has 1 atom stereocenters. The quantitative estimate of drug-likeness (QED) is 0.826. The average molecular weight is 244 g/mol. The van der Waals surface area contributed by atoms with Gasteiger partial charge in [-0.05, 0) is 30.9 Å². The summed E-state index contributed by atoms with van der Waals surface area (Å²) in [4.78, 5) is 11.7. The van der Waals surface area contributed by atoms with Crippen LogP contribution in [0.5, 0.6) is 0 Å². The van der Waals surface area contributed by atoms with Crippen molar-refractivity contribution >= 4 is 18.3 Å². The highest BCUT2D eigenvalue weighted by Crippen LogP contribution is 2.31. The number of carbonyl (C=O) groups excluding carboxylic acids is 1. The molecule has 90 valence electrons. The fourth-order valence-electron chi connectivity index (χ4n) is 1.69. The summed E-state index contributed by atoms with van der Waals surface area (Å²) in [6.45, 7) is 0.578. The molecule has 1 aliphatic rings. The van der Waals surface area contributed by atoms with Gasteiger partial charge in [-0.1, -0.05) is 0 Å². The summed E-state index contributed by atoms with van der Waals surface area (Å²) in [7, 11) is 1.86. The summed E-state index contributed by atoms with van der Waals surface area (Å²) in [5.74, 6) is 0.581. The van der Waals surface area contributed by atoms with Gasteiger partial charge >= 0.3 is 0 Å². The van der Waals surface area contributed by atoms with E-state index in [4.69, 9.17) is 5.73 Å². The first kappa shape index (κ1) is 13.1. The molecule has 1 fully saturated rings. The molecular weight excluding hydrogens is 226 g/mol. The third-order valence-corrected chi connectivity index (χ3v) is 2.90. The lowest BCUT2D eigenvalue weighted by molar-refractivity contribution is 0.0942. The van der Waals surface area contributed by atoms with Gasteiger partial charge in [-0.15, -0.1) is 12.4 Å². The highest BCUT2D eigenvalue weighted by molar-refractivity contribution is 5.92. The summed E-state index contributed by atoms with van der Waals surface area (Å²) in [6, 6.07) is 3.78. The van der Waals surface area contributed by atoms with E-state index in [1.807, 2.05) is 19.3 Å². The van der Waals surface area contributed by atoms with E-state index in [0.717, 1.165) is 0 Å². The van der Waals surface area contributed by atoms with Crippen LogP contribution in [0.1, 0.15) is 23.3 Å². The van der Waals surface area contributed by atoms with Crippen molar-refractivity contribution in [2.24, 2.45) is 18.7 Å². The van der Waals surface area contributed by atoms with E-state index in [9.17, 15) is 4.79 Å². The Kier molecular flexibility index (Phi) is 4.38. The van der Waals surface area contributed by atoms with Gasteiger partial charge in [0.15, 0.2) is 0 Å². The Bertz CT molecular complexity index is 360. The van der Waals surface area contributed by atoms with Crippen molar-refractivity contribution in [3.8, 4) is 0 Å². The van der Waals surface area contributed by atoms with Gasteiger partial charge in [0.25, 0.3) is 5.91 Å².